The number of aliphatic hydroxyl groups excluding tert-OH is 1. The molecule has 1 aromatic rings. The fourth-order valence-corrected chi connectivity index (χ4v) is 2.03. The van der Waals surface area contributed by atoms with Crippen LogP contribution in [0.15, 0.2) is 29.2 Å². The first-order valence-corrected chi connectivity index (χ1v) is 6.21. The van der Waals surface area contributed by atoms with Gasteiger partial charge in [-0.05, 0) is 25.5 Å². The van der Waals surface area contributed by atoms with Crippen LogP contribution in [0, 0.1) is 6.92 Å². The first kappa shape index (κ1) is 13.1. The molecule has 0 unspecified atom stereocenters. The lowest BCUT2D eigenvalue weighted by Crippen LogP contribution is -2.31. The number of aryl methyl sites for hydroxylation is 1. The van der Waals surface area contributed by atoms with E-state index < -0.39 is 6.10 Å². The first-order chi connectivity index (χ1) is 7.59. The highest BCUT2D eigenvalue weighted by atomic mass is 32.2. The van der Waals surface area contributed by atoms with Gasteiger partial charge in [-0.1, -0.05) is 18.2 Å². The van der Waals surface area contributed by atoms with E-state index in [1.165, 1.54) is 17.3 Å². The Kier molecular flexibility index (Phi) is 5.35. The molecule has 0 aliphatic heterocycles. The molecule has 0 aliphatic rings. The Labute approximate surface area is 100 Å². The molecule has 0 heterocycles. The van der Waals surface area contributed by atoms with Crippen LogP contribution in [0.3, 0.4) is 0 Å². The highest BCUT2D eigenvalue weighted by molar-refractivity contribution is 8.00. The van der Waals surface area contributed by atoms with Gasteiger partial charge in [-0.25, -0.2) is 0 Å². The average molecular weight is 239 g/mol. The number of carbonyl (C=O) groups excluding carboxylic acids is 1. The predicted octanol–water partition coefficient (Wildman–Crippen LogP) is 1.58. The van der Waals surface area contributed by atoms with Gasteiger partial charge in [-0.15, -0.1) is 11.8 Å². The van der Waals surface area contributed by atoms with Crippen molar-refractivity contribution in [2.24, 2.45) is 0 Å². The maximum Gasteiger partial charge on any atom is 0.230 e. The third kappa shape index (κ3) is 4.68. The van der Waals surface area contributed by atoms with Crippen molar-refractivity contribution in [3.63, 3.8) is 0 Å². The summed E-state index contributed by atoms with van der Waals surface area (Å²) < 4.78 is 0. The normalized spacial score (nSPS) is 12.2. The summed E-state index contributed by atoms with van der Waals surface area (Å²) in [7, 11) is 0. The zero-order valence-electron chi connectivity index (χ0n) is 9.56. The second-order valence-electron chi connectivity index (χ2n) is 3.71. The molecule has 1 atom stereocenters. The molecule has 2 N–H and O–H groups in total. The minimum Gasteiger partial charge on any atom is -0.392 e. The molecule has 0 aromatic heterocycles. The number of aliphatic hydroxyl groups is 1. The van der Waals surface area contributed by atoms with E-state index in [2.05, 4.69) is 5.32 Å². The molecule has 4 heteroatoms. The van der Waals surface area contributed by atoms with E-state index in [9.17, 15) is 4.79 Å². The summed E-state index contributed by atoms with van der Waals surface area (Å²) in [4.78, 5) is 12.5. The van der Waals surface area contributed by atoms with Gasteiger partial charge in [0.2, 0.25) is 5.91 Å². The van der Waals surface area contributed by atoms with Crippen LogP contribution < -0.4 is 5.32 Å². The number of amides is 1. The minimum atomic E-state index is -0.493. The number of benzene rings is 1. The van der Waals surface area contributed by atoms with Gasteiger partial charge >= 0.3 is 0 Å². The van der Waals surface area contributed by atoms with E-state index in [-0.39, 0.29) is 5.91 Å². The maximum absolute atomic E-state index is 11.4. The molecule has 1 amide bonds. The third-order valence-corrected chi connectivity index (χ3v) is 3.22. The number of thioether (sulfide) groups is 1. The number of nitrogens with one attached hydrogen (secondary N) is 1. The summed E-state index contributed by atoms with van der Waals surface area (Å²) in [5.41, 5.74) is 1.18. The Hall–Kier alpha value is -1.00. The van der Waals surface area contributed by atoms with E-state index in [0.29, 0.717) is 12.3 Å². The van der Waals surface area contributed by atoms with Crippen molar-refractivity contribution in [1.29, 1.82) is 0 Å². The summed E-state index contributed by atoms with van der Waals surface area (Å²) in [5, 5.41) is 11.7. The number of rotatable bonds is 5. The second-order valence-corrected chi connectivity index (χ2v) is 4.72. The van der Waals surface area contributed by atoms with Gasteiger partial charge < -0.3 is 10.4 Å². The number of hydrogen-bond donors (Lipinski definition) is 2. The van der Waals surface area contributed by atoms with Crippen LogP contribution in [0.4, 0.5) is 0 Å². The van der Waals surface area contributed by atoms with Crippen molar-refractivity contribution < 1.29 is 9.90 Å². The average Bonchev–Trinajstić information content (AvgIpc) is 2.25. The van der Waals surface area contributed by atoms with Gasteiger partial charge in [-0.3, -0.25) is 4.79 Å². The quantitative estimate of drug-likeness (QED) is 0.767. The molecule has 0 spiro atoms. The van der Waals surface area contributed by atoms with Crippen LogP contribution in [0.2, 0.25) is 0 Å². The SMILES string of the molecule is Cc1ccccc1SCC(=O)NC[C@H](C)O. The third-order valence-electron chi connectivity index (χ3n) is 2.05. The van der Waals surface area contributed by atoms with E-state index >= 15 is 0 Å². The zero-order chi connectivity index (χ0) is 12.0. The van der Waals surface area contributed by atoms with Crippen molar-refractivity contribution in [2.75, 3.05) is 12.3 Å². The molecule has 0 aliphatic carbocycles. The molecule has 0 radical (unpaired) electrons. The molecule has 0 saturated heterocycles. The van der Waals surface area contributed by atoms with Gasteiger partial charge in [-0.2, -0.15) is 0 Å². The fraction of sp³-hybridized carbons (Fsp3) is 0.417. The Bertz CT molecular complexity index is 353. The van der Waals surface area contributed by atoms with Crippen molar-refractivity contribution >= 4 is 17.7 Å². The lowest BCUT2D eigenvalue weighted by molar-refractivity contribution is -0.118. The Balaban J connectivity index is 2.35. The summed E-state index contributed by atoms with van der Waals surface area (Å²) in [6.07, 6.45) is -0.493. The summed E-state index contributed by atoms with van der Waals surface area (Å²) in [5.74, 6) is 0.339. The smallest absolute Gasteiger partial charge is 0.230 e. The second kappa shape index (κ2) is 6.55. The summed E-state index contributed by atoms with van der Waals surface area (Å²) in [6, 6.07) is 7.97. The van der Waals surface area contributed by atoms with Gasteiger partial charge in [0, 0.05) is 11.4 Å². The van der Waals surface area contributed by atoms with E-state index in [4.69, 9.17) is 5.11 Å². The van der Waals surface area contributed by atoms with Gasteiger partial charge in [0.25, 0.3) is 0 Å². The summed E-state index contributed by atoms with van der Waals surface area (Å²) >= 11 is 1.51. The molecular formula is C12H17NO2S. The number of carbonyl (C=O) groups is 1. The monoisotopic (exact) mass is 239 g/mol. The highest BCUT2D eigenvalue weighted by Gasteiger charge is 2.05. The Morgan fingerprint density at radius 1 is 1.50 bits per heavy atom. The summed E-state index contributed by atoms with van der Waals surface area (Å²) in [6.45, 7) is 3.98. The first-order valence-electron chi connectivity index (χ1n) is 5.23. The molecule has 1 rings (SSSR count). The van der Waals surface area contributed by atoms with Crippen LogP contribution in [0.1, 0.15) is 12.5 Å². The van der Waals surface area contributed by atoms with Crippen molar-refractivity contribution in [1.82, 2.24) is 5.32 Å². The largest absolute Gasteiger partial charge is 0.392 e. The van der Waals surface area contributed by atoms with E-state index in [1.807, 2.05) is 31.2 Å². The molecule has 88 valence electrons. The van der Waals surface area contributed by atoms with Crippen molar-refractivity contribution in [2.45, 2.75) is 24.8 Å². The Morgan fingerprint density at radius 3 is 2.81 bits per heavy atom. The van der Waals surface area contributed by atoms with E-state index in [0.717, 1.165) is 4.90 Å². The van der Waals surface area contributed by atoms with Crippen LogP contribution in [0.25, 0.3) is 0 Å². The topological polar surface area (TPSA) is 49.3 Å². The highest BCUT2D eigenvalue weighted by Crippen LogP contribution is 2.21. The molecule has 0 saturated carbocycles. The molecule has 16 heavy (non-hydrogen) atoms. The van der Waals surface area contributed by atoms with Crippen molar-refractivity contribution in [3.05, 3.63) is 29.8 Å². The number of hydrogen-bond acceptors (Lipinski definition) is 3. The van der Waals surface area contributed by atoms with Crippen LogP contribution in [0.5, 0.6) is 0 Å². The van der Waals surface area contributed by atoms with Crippen LogP contribution in [-0.4, -0.2) is 29.4 Å². The fourth-order valence-electron chi connectivity index (χ4n) is 1.17. The van der Waals surface area contributed by atoms with Gasteiger partial charge in [0.05, 0.1) is 11.9 Å². The van der Waals surface area contributed by atoms with Crippen molar-refractivity contribution in [3.8, 4) is 0 Å². The standard InChI is InChI=1S/C12H17NO2S/c1-9-5-3-4-6-11(9)16-8-12(15)13-7-10(2)14/h3-6,10,14H,7-8H2,1-2H3,(H,13,15)/t10-/m0/s1. The molecule has 0 bridgehead atoms. The van der Waals surface area contributed by atoms with Crippen LogP contribution >= 0.6 is 11.8 Å². The molecule has 1 aromatic carbocycles. The molecule has 3 nitrogen and oxygen atoms in total. The lowest BCUT2D eigenvalue weighted by Gasteiger charge is -2.07. The van der Waals surface area contributed by atoms with Gasteiger partial charge in [0.15, 0.2) is 0 Å². The predicted molar refractivity (Wildman–Crippen MR) is 66.6 cm³/mol. The molecular weight excluding hydrogens is 222 g/mol. The Morgan fingerprint density at radius 2 is 2.19 bits per heavy atom. The van der Waals surface area contributed by atoms with E-state index in [1.54, 1.807) is 6.92 Å². The lowest BCUT2D eigenvalue weighted by atomic mass is 10.2. The maximum atomic E-state index is 11.4. The zero-order valence-corrected chi connectivity index (χ0v) is 10.4. The minimum absolute atomic E-state index is 0.0471. The van der Waals surface area contributed by atoms with Crippen LogP contribution in [-0.2, 0) is 4.79 Å². The van der Waals surface area contributed by atoms with Gasteiger partial charge in [0.1, 0.15) is 0 Å². The molecule has 0 fully saturated rings.